The van der Waals surface area contributed by atoms with Crippen LogP contribution in [0.2, 0.25) is 0 Å². The van der Waals surface area contributed by atoms with Crippen molar-refractivity contribution in [2.45, 2.75) is 5.03 Å². The van der Waals surface area contributed by atoms with E-state index in [1.807, 2.05) is 42.6 Å². The molecule has 0 amide bonds. The number of hydrogen-bond donors (Lipinski definition) is 3. The summed E-state index contributed by atoms with van der Waals surface area (Å²) in [6.45, 7) is 0. The number of pyridine rings is 1. The summed E-state index contributed by atoms with van der Waals surface area (Å²) in [6, 6.07) is 22.3. The Kier molecular flexibility index (Phi) is 4.92. The van der Waals surface area contributed by atoms with Crippen molar-refractivity contribution in [3.8, 4) is 22.3 Å². The van der Waals surface area contributed by atoms with Gasteiger partial charge in [-0.1, -0.05) is 42.5 Å². The molecule has 6 nitrogen and oxygen atoms in total. The fourth-order valence-corrected chi connectivity index (χ4v) is 4.95. The van der Waals surface area contributed by atoms with E-state index in [1.54, 1.807) is 12.1 Å². The molecule has 1 atom stereocenters. The van der Waals surface area contributed by atoms with E-state index in [9.17, 15) is 8.60 Å². The highest BCUT2D eigenvalue weighted by atomic mass is 32.2. The molecule has 0 saturated heterocycles. The molecule has 0 aliphatic carbocycles. The molecule has 1 unspecified atom stereocenters. The van der Waals surface area contributed by atoms with Crippen LogP contribution in [0.5, 0.6) is 0 Å². The number of aromatic amines is 2. The van der Waals surface area contributed by atoms with Crippen LogP contribution in [0, 0.1) is 5.82 Å². The largest absolute Gasteiger partial charge is 0.339 e. The monoisotopic (exact) mass is 467 g/mol. The molecule has 0 bridgehead atoms. The van der Waals surface area contributed by atoms with Crippen LogP contribution in [0.1, 0.15) is 0 Å². The van der Waals surface area contributed by atoms with Gasteiger partial charge in [-0.15, -0.1) is 0 Å². The first-order valence-electron chi connectivity index (χ1n) is 10.6. The molecule has 0 fully saturated rings. The predicted octanol–water partition coefficient (Wildman–Crippen LogP) is 6.05. The van der Waals surface area contributed by atoms with E-state index in [0.29, 0.717) is 10.7 Å². The average Bonchev–Trinajstić information content (AvgIpc) is 3.53. The molecule has 3 heterocycles. The second-order valence-corrected chi connectivity index (χ2v) is 9.00. The maximum atomic E-state index is 13.6. The number of fused-ring (bicyclic) bond motifs is 3. The average molecular weight is 468 g/mol. The maximum absolute atomic E-state index is 13.6. The topological polar surface area (TPSA) is 86.5 Å². The summed E-state index contributed by atoms with van der Waals surface area (Å²) >= 11 is 0. The zero-order chi connectivity index (χ0) is 23.1. The first kappa shape index (κ1) is 20.3. The summed E-state index contributed by atoms with van der Waals surface area (Å²) < 4.78 is 29.3. The van der Waals surface area contributed by atoms with E-state index in [2.05, 4.69) is 31.8 Å². The van der Waals surface area contributed by atoms with Crippen molar-refractivity contribution >= 4 is 38.6 Å². The first-order chi connectivity index (χ1) is 16.7. The minimum Gasteiger partial charge on any atom is -0.339 e. The molecule has 6 rings (SSSR count). The van der Waals surface area contributed by atoms with Crippen LogP contribution in [-0.2, 0) is 11.0 Å². The summed E-state index contributed by atoms with van der Waals surface area (Å²) in [7, 11) is -1.47. The van der Waals surface area contributed by atoms with Crippen LogP contribution in [0.4, 0.5) is 10.1 Å². The maximum Gasteiger partial charge on any atom is 0.168 e. The molecule has 3 N–H and O–H groups in total. The zero-order valence-electron chi connectivity index (χ0n) is 17.7. The van der Waals surface area contributed by atoms with Gasteiger partial charge in [-0.2, -0.15) is 0 Å². The number of H-pyrrole nitrogens is 2. The lowest BCUT2D eigenvalue weighted by molar-refractivity contribution is 0.628. The lowest BCUT2D eigenvalue weighted by Gasteiger charge is -2.12. The molecular formula is C26H18FN5OS. The third-order valence-electron chi connectivity index (χ3n) is 5.72. The van der Waals surface area contributed by atoms with Gasteiger partial charge in [0.1, 0.15) is 16.5 Å². The fraction of sp³-hybridized carbons (Fsp3) is 0. The number of hydrogen-bond acceptors (Lipinski definition) is 3. The molecule has 166 valence electrons. The Bertz CT molecular complexity index is 1640. The number of anilines is 1. The lowest BCUT2D eigenvalue weighted by atomic mass is 9.93. The number of aromatic nitrogens is 4. The summed E-state index contributed by atoms with van der Waals surface area (Å²) in [5, 5.41) is 2.38. The van der Waals surface area contributed by atoms with Crippen LogP contribution in [0.15, 0.2) is 96.5 Å². The zero-order valence-corrected chi connectivity index (χ0v) is 18.6. The first-order valence-corrected chi connectivity index (χ1v) is 11.7. The Labute approximate surface area is 196 Å². The summed E-state index contributed by atoms with van der Waals surface area (Å²) in [5.41, 5.74) is 6.15. The molecule has 8 heteroatoms. The summed E-state index contributed by atoms with van der Waals surface area (Å²) in [5.74, 6) is -0.285. The molecular weight excluding hydrogens is 449 g/mol. The normalized spacial score (nSPS) is 12.3. The van der Waals surface area contributed by atoms with Gasteiger partial charge in [0.05, 0.1) is 12.5 Å². The van der Waals surface area contributed by atoms with Crippen LogP contribution in [-0.4, -0.2) is 24.1 Å². The van der Waals surface area contributed by atoms with Crippen molar-refractivity contribution in [1.82, 2.24) is 19.9 Å². The number of halogens is 1. The van der Waals surface area contributed by atoms with E-state index in [-0.39, 0.29) is 5.82 Å². The Morgan fingerprint density at radius 3 is 2.50 bits per heavy atom. The van der Waals surface area contributed by atoms with Gasteiger partial charge in [-0.3, -0.25) is 4.72 Å². The van der Waals surface area contributed by atoms with Gasteiger partial charge in [-0.25, -0.2) is 18.6 Å². The second-order valence-electron chi connectivity index (χ2n) is 7.82. The highest BCUT2D eigenvalue weighted by molar-refractivity contribution is 7.86. The van der Waals surface area contributed by atoms with Gasteiger partial charge in [-0.05, 0) is 41.5 Å². The van der Waals surface area contributed by atoms with Gasteiger partial charge in [0.25, 0.3) is 0 Å². The molecule has 34 heavy (non-hydrogen) atoms. The fourth-order valence-electron chi connectivity index (χ4n) is 4.18. The minimum absolute atomic E-state index is 0.285. The van der Waals surface area contributed by atoms with Gasteiger partial charge in [0, 0.05) is 39.3 Å². The van der Waals surface area contributed by atoms with Crippen LogP contribution >= 0.6 is 0 Å². The van der Waals surface area contributed by atoms with Crippen molar-refractivity contribution in [1.29, 1.82) is 0 Å². The van der Waals surface area contributed by atoms with Crippen molar-refractivity contribution in [3.05, 3.63) is 97.3 Å². The highest BCUT2D eigenvalue weighted by Gasteiger charge is 2.18. The van der Waals surface area contributed by atoms with Crippen molar-refractivity contribution in [3.63, 3.8) is 0 Å². The van der Waals surface area contributed by atoms with E-state index in [4.69, 9.17) is 4.98 Å². The Balaban J connectivity index is 1.59. The lowest BCUT2D eigenvalue weighted by Crippen LogP contribution is -2.04. The SMILES string of the molecule is O=S(Nc1ccc2[nH]c3ncc(-c4ccc(F)cc4)c(-c4ccccc4)c3c2c1)c1cnc[nH]1. The number of rotatable bonds is 5. The molecule has 3 aromatic heterocycles. The van der Waals surface area contributed by atoms with Gasteiger partial charge >= 0.3 is 0 Å². The van der Waals surface area contributed by atoms with Crippen LogP contribution in [0.3, 0.4) is 0 Å². The van der Waals surface area contributed by atoms with Crippen molar-refractivity contribution in [2.24, 2.45) is 0 Å². The quantitative estimate of drug-likeness (QED) is 0.289. The molecule has 0 aliphatic rings. The Hall–Kier alpha value is -4.30. The van der Waals surface area contributed by atoms with E-state index >= 15 is 0 Å². The molecule has 0 saturated carbocycles. The van der Waals surface area contributed by atoms with Gasteiger partial charge < -0.3 is 9.97 Å². The highest BCUT2D eigenvalue weighted by Crippen LogP contribution is 2.41. The Morgan fingerprint density at radius 1 is 0.912 bits per heavy atom. The van der Waals surface area contributed by atoms with Crippen molar-refractivity contribution < 1.29 is 8.60 Å². The van der Waals surface area contributed by atoms with Crippen LogP contribution in [0.25, 0.3) is 44.2 Å². The Morgan fingerprint density at radius 2 is 1.74 bits per heavy atom. The summed E-state index contributed by atoms with van der Waals surface area (Å²) in [4.78, 5) is 14.9. The number of nitrogens with one attached hydrogen (secondary N) is 3. The molecule has 6 aromatic rings. The van der Waals surface area contributed by atoms with E-state index in [0.717, 1.165) is 44.2 Å². The number of benzene rings is 3. The minimum atomic E-state index is -1.47. The number of imidazole rings is 1. The van der Waals surface area contributed by atoms with Gasteiger partial charge in [0.2, 0.25) is 0 Å². The standard InChI is InChI=1S/C26H18FN5OS/c27-18-8-6-16(7-9-18)21-13-29-26-25(24(21)17-4-2-1-3-5-17)20-12-19(10-11-22(20)31-26)32-34(33)23-14-28-15-30-23/h1-15,32H,(H,28,30)(H,29,31). The van der Waals surface area contributed by atoms with Gasteiger partial charge in [0.15, 0.2) is 11.0 Å². The smallest absolute Gasteiger partial charge is 0.168 e. The van der Waals surface area contributed by atoms with E-state index < -0.39 is 11.0 Å². The molecule has 3 aromatic carbocycles. The molecule has 0 spiro atoms. The van der Waals surface area contributed by atoms with Crippen LogP contribution < -0.4 is 4.72 Å². The third kappa shape index (κ3) is 3.54. The van der Waals surface area contributed by atoms with Crippen molar-refractivity contribution in [2.75, 3.05) is 4.72 Å². The predicted molar refractivity (Wildman–Crippen MR) is 133 cm³/mol. The summed E-state index contributed by atoms with van der Waals surface area (Å²) in [6.07, 6.45) is 4.84. The molecule has 0 aliphatic heterocycles. The number of nitrogens with zero attached hydrogens (tertiary/aromatic N) is 2. The third-order valence-corrected chi connectivity index (χ3v) is 6.77. The second kappa shape index (κ2) is 8.24. The van der Waals surface area contributed by atoms with E-state index in [1.165, 1.54) is 24.7 Å². The molecule has 0 radical (unpaired) electrons.